The highest BCUT2D eigenvalue weighted by Crippen LogP contribution is 2.06. The van der Waals surface area contributed by atoms with E-state index in [0.717, 1.165) is 0 Å². The molecule has 0 aliphatic rings. The highest BCUT2D eigenvalue weighted by atomic mass is 16.6. The number of carbonyl (C=O) groups excluding carboxylic acids is 1. The summed E-state index contributed by atoms with van der Waals surface area (Å²) in [5.41, 5.74) is -0.458. The third-order valence-corrected chi connectivity index (χ3v) is 1.19. The lowest BCUT2D eigenvalue weighted by atomic mass is 10.2. The molecule has 0 aliphatic carbocycles. The highest BCUT2D eigenvalue weighted by Gasteiger charge is 2.16. The van der Waals surface area contributed by atoms with Gasteiger partial charge in [0.1, 0.15) is 5.60 Å². The van der Waals surface area contributed by atoms with Crippen LogP contribution in [0.1, 0.15) is 34.1 Å². The third kappa shape index (κ3) is 7.20. The van der Waals surface area contributed by atoms with Gasteiger partial charge >= 0.3 is 6.09 Å². The van der Waals surface area contributed by atoms with Gasteiger partial charge in [0, 0.05) is 12.5 Å². The van der Waals surface area contributed by atoms with E-state index in [-0.39, 0.29) is 6.04 Å². The Morgan fingerprint density at radius 1 is 1.62 bits per heavy atom. The van der Waals surface area contributed by atoms with Gasteiger partial charge in [0.2, 0.25) is 0 Å². The first-order valence-corrected chi connectivity index (χ1v) is 4.28. The molecule has 0 aromatic rings. The fourth-order valence-corrected chi connectivity index (χ4v) is 0.737. The molecule has 1 atom stereocenters. The van der Waals surface area contributed by atoms with Crippen molar-refractivity contribution in [2.45, 2.75) is 45.8 Å². The van der Waals surface area contributed by atoms with Crippen molar-refractivity contribution in [2.24, 2.45) is 0 Å². The number of terminal acetylenes is 1. The molecule has 13 heavy (non-hydrogen) atoms. The average molecular weight is 183 g/mol. The second-order valence-corrected chi connectivity index (χ2v) is 3.96. The number of alkyl carbamates (subject to hydrolysis) is 1. The predicted octanol–water partition coefficient (Wildman–Crippen LogP) is 1.92. The van der Waals surface area contributed by atoms with Crippen molar-refractivity contribution in [1.29, 1.82) is 0 Å². The molecule has 3 heteroatoms. The lowest BCUT2D eigenvalue weighted by molar-refractivity contribution is 0.0509. The molecule has 0 saturated carbocycles. The summed E-state index contributed by atoms with van der Waals surface area (Å²) < 4.78 is 5.04. The number of amides is 1. The fourth-order valence-electron chi connectivity index (χ4n) is 0.737. The van der Waals surface area contributed by atoms with E-state index in [1.807, 2.05) is 27.7 Å². The fraction of sp³-hybridized carbons (Fsp3) is 0.700. The zero-order valence-corrected chi connectivity index (χ0v) is 8.68. The van der Waals surface area contributed by atoms with Gasteiger partial charge in [0.05, 0.1) is 0 Å². The Labute approximate surface area is 79.8 Å². The van der Waals surface area contributed by atoms with Crippen molar-refractivity contribution < 1.29 is 9.53 Å². The van der Waals surface area contributed by atoms with Crippen LogP contribution in [-0.2, 0) is 4.74 Å². The van der Waals surface area contributed by atoms with Crippen LogP contribution in [0.25, 0.3) is 0 Å². The van der Waals surface area contributed by atoms with Crippen LogP contribution in [0.4, 0.5) is 4.79 Å². The maximum atomic E-state index is 11.1. The van der Waals surface area contributed by atoms with Gasteiger partial charge in [-0.3, -0.25) is 0 Å². The molecule has 0 spiro atoms. The van der Waals surface area contributed by atoms with Gasteiger partial charge in [0.15, 0.2) is 0 Å². The first-order valence-electron chi connectivity index (χ1n) is 4.28. The number of carbonyl (C=O) groups is 1. The number of rotatable bonds is 2. The van der Waals surface area contributed by atoms with Gasteiger partial charge in [-0.1, -0.05) is 0 Å². The molecule has 1 amide bonds. The summed E-state index contributed by atoms with van der Waals surface area (Å²) in [6.07, 6.45) is 5.18. The van der Waals surface area contributed by atoms with Crippen molar-refractivity contribution in [3.05, 3.63) is 0 Å². The number of hydrogen-bond acceptors (Lipinski definition) is 2. The van der Waals surface area contributed by atoms with Gasteiger partial charge in [0.25, 0.3) is 0 Å². The molecule has 0 bridgehead atoms. The van der Waals surface area contributed by atoms with Crippen LogP contribution in [0, 0.1) is 12.3 Å². The molecule has 0 aliphatic heterocycles. The maximum absolute atomic E-state index is 11.1. The van der Waals surface area contributed by atoms with E-state index in [4.69, 9.17) is 11.2 Å². The van der Waals surface area contributed by atoms with Crippen LogP contribution < -0.4 is 5.32 Å². The summed E-state index contributed by atoms with van der Waals surface area (Å²) in [5.74, 6) is 2.47. The minimum Gasteiger partial charge on any atom is -0.444 e. The summed E-state index contributed by atoms with van der Waals surface area (Å²) in [6.45, 7) is 7.29. The van der Waals surface area contributed by atoms with E-state index in [1.54, 1.807) is 0 Å². The Morgan fingerprint density at radius 3 is 2.54 bits per heavy atom. The van der Waals surface area contributed by atoms with Crippen LogP contribution in [0.15, 0.2) is 0 Å². The Hall–Kier alpha value is -1.17. The minimum atomic E-state index is -0.458. The van der Waals surface area contributed by atoms with Crippen LogP contribution in [0.2, 0.25) is 0 Å². The first kappa shape index (κ1) is 11.8. The zero-order valence-electron chi connectivity index (χ0n) is 8.68. The van der Waals surface area contributed by atoms with Crippen LogP contribution in [-0.4, -0.2) is 17.7 Å². The van der Waals surface area contributed by atoms with Gasteiger partial charge in [-0.05, 0) is 27.7 Å². The Morgan fingerprint density at radius 2 is 2.15 bits per heavy atom. The predicted molar refractivity (Wildman–Crippen MR) is 52.3 cm³/mol. The van der Waals surface area contributed by atoms with Crippen molar-refractivity contribution in [3.8, 4) is 12.3 Å². The smallest absolute Gasteiger partial charge is 0.407 e. The Kier molecular flexibility index (Phi) is 4.33. The standard InChI is InChI=1S/C10H17NO2/c1-6-7-8(2)11-9(12)13-10(3,4)5/h1,8H,7H2,2-5H3,(H,11,12)/t8-/m1/s1. The molecule has 74 valence electrons. The summed E-state index contributed by atoms with van der Waals surface area (Å²) in [4.78, 5) is 11.1. The zero-order chi connectivity index (χ0) is 10.5. The van der Waals surface area contributed by atoms with Crippen molar-refractivity contribution in [2.75, 3.05) is 0 Å². The van der Waals surface area contributed by atoms with E-state index >= 15 is 0 Å². The molecule has 0 fully saturated rings. The minimum absolute atomic E-state index is 0.0418. The van der Waals surface area contributed by atoms with Crippen LogP contribution in [0.5, 0.6) is 0 Å². The monoisotopic (exact) mass is 183 g/mol. The van der Waals surface area contributed by atoms with E-state index < -0.39 is 11.7 Å². The Balaban J connectivity index is 3.83. The molecule has 0 saturated heterocycles. The Bertz CT molecular complexity index is 210. The number of ether oxygens (including phenoxy) is 1. The molecule has 0 rings (SSSR count). The molecular formula is C10H17NO2. The van der Waals surface area contributed by atoms with Crippen molar-refractivity contribution >= 4 is 6.09 Å². The van der Waals surface area contributed by atoms with Gasteiger partial charge in [-0.2, -0.15) is 0 Å². The molecule has 0 unspecified atom stereocenters. The SMILES string of the molecule is C#CC[C@@H](C)NC(=O)OC(C)(C)C. The van der Waals surface area contributed by atoms with Gasteiger partial charge < -0.3 is 10.1 Å². The quantitative estimate of drug-likeness (QED) is 0.664. The van der Waals surface area contributed by atoms with E-state index in [9.17, 15) is 4.79 Å². The second kappa shape index (κ2) is 4.76. The normalized spacial score (nSPS) is 12.8. The highest BCUT2D eigenvalue weighted by molar-refractivity contribution is 5.68. The van der Waals surface area contributed by atoms with Gasteiger partial charge in [-0.25, -0.2) is 4.79 Å². The maximum Gasteiger partial charge on any atom is 0.407 e. The molecule has 1 N–H and O–H groups in total. The third-order valence-electron chi connectivity index (χ3n) is 1.19. The lowest BCUT2D eigenvalue weighted by Crippen LogP contribution is -2.37. The van der Waals surface area contributed by atoms with Crippen LogP contribution >= 0.6 is 0 Å². The summed E-state index contributed by atoms with van der Waals surface area (Å²) in [5, 5.41) is 2.63. The second-order valence-electron chi connectivity index (χ2n) is 3.96. The first-order chi connectivity index (χ1) is 5.85. The molecular weight excluding hydrogens is 166 g/mol. The average Bonchev–Trinajstić information content (AvgIpc) is 1.81. The summed E-state index contributed by atoms with van der Waals surface area (Å²) >= 11 is 0. The summed E-state index contributed by atoms with van der Waals surface area (Å²) in [6, 6.07) is -0.0418. The largest absolute Gasteiger partial charge is 0.444 e. The molecule has 0 aromatic carbocycles. The molecule has 0 radical (unpaired) electrons. The van der Waals surface area contributed by atoms with E-state index in [2.05, 4.69) is 11.2 Å². The van der Waals surface area contributed by atoms with Crippen molar-refractivity contribution in [1.82, 2.24) is 5.32 Å². The molecule has 3 nitrogen and oxygen atoms in total. The lowest BCUT2D eigenvalue weighted by Gasteiger charge is -2.21. The number of hydrogen-bond donors (Lipinski definition) is 1. The number of nitrogens with one attached hydrogen (secondary N) is 1. The van der Waals surface area contributed by atoms with E-state index in [0.29, 0.717) is 6.42 Å². The molecule has 0 heterocycles. The van der Waals surface area contributed by atoms with Gasteiger partial charge in [-0.15, -0.1) is 12.3 Å². The summed E-state index contributed by atoms with van der Waals surface area (Å²) in [7, 11) is 0. The van der Waals surface area contributed by atoms with Crippen LogP contribution in [0.3, 0.4) is 0 Å². The molecule has 0 aromatic heterocycles. The topological polar surface area (TPSA) is 38.3 Å². The van der Waals surface area contributed by atoms with E-state index in [1.165, 1.54) is 0 Å². The van der Waals surface area contributed by atoms with Crippen molar-refractivity contribution in [3.63, 3.8) is 0 Å².